The Bertz CT molecular complexity index is 965. The highest BCUT2D eigenvalue weighted by molar-refractivity contribution is 14.1. The second kappa shape index (κ2) is 9.83. The van der Waals surface area contributed by atoms with Crippen LogP contribution in [0.3, 0.4) is 0 Å². The fourth-order valence-electron chi connectivity index (χ4n) is 3.09. The number of aromatic nitrogens is 4. The smallest absolute Gasteiger partial charge is 0.407 e. The van der Waals surface area contributed by atoms with Crippen LogP contribution in [0.4, 0.5) is 10.6 Å². The number of carbonyl (C=O) groups is 1. The number of hydrogen-bond donors (Lipinski definition) is 2. The van der Waals surface area contributed by atoms with Crippen LogP contribution in [-0.2, 0) is 16.1 Å². The van der Waals surface area contributed by atoms with Crippen molar-refractivity contribution in [3.05, 3.63) is 51.7 Å². The first-order valence-corrected chi connectivity index (χ1v) is 10.2. The Hall–Kier alpha value is -2.47. The van der Waals surface area contributed by atoms with Gasteiger partial charge in [0.25, 0.3) is 0 Å². The maximum atomic E-state index is 12.2. The summed E-state index contributed by atoms with van der Waals surface area (Å²) in [6.45, 7) is 2.58. The number of anilines is 1. The lowest BCUT2D eigenvalue weighted by molar-refractivity contribution is 0.117. The third-order valence-electron chi connectivity index (χ3n) is 4.42. The van der Waals surface area contributed by atoms with Crippen LogP contribution in [0.15, 0.2) is 36.7 Å². The number of fused-ring (bicyclic) bond motifs is 1. The van der Waals surface area contributed by atoms with E-state index in [9.17, 15) is 4.79 Å². The van der Waals surface area contributed by atoms with Crippen molar-refractivity contribution >= 4 is 40.0 Å². The van der Waals surface area contributed by atoms with Crippen LogP contribution in [0.2, 0.25) is 0 Å². The maximum Gasteiger partial charge on any atom is 0.407 e. The molecule has 3 N–H and O–H groups in total. The van der Waals surface area contributed by atoms with Gasteiger partial charge in [0, 0.05) is 13.0 Å². The van der Waals surface area contributed by atoms with Crippen molar-refractivity contribution in [1.82, 2.24) is 24.9 Å². The Morgan fingerprint density at radius 1 is 1.34 bits per heavy atom. The molecule has 3 aromatic rings. The molecular weight excluding hydrogens is 487 g/mol. The monoisotopic (exact) mass is 510 g/mol. The van der Waals surface area contributed by atoms with Crippen molar-refractivity contribution in [3.8, 4) is 0 Å². The number of halogens is 1. The van der Waals surface area contributed by atoms with Crippen LogP contribution in [0.25, 0.3) is 5.52 Å². The summed E-state index contributed by atoms with van der Waals surface area (Å²) in [4.78, 5) is 20.9. The molecule has 0 radical (unpaired) electrons. The van der Waals surface area contributed by atoms with E-state index in [2.05, 4.69) is 43.0 Å². The van der Waals surface area contributed by atoms with Crippen LogP contribution in [0, 0.1) is 3.70 Å². The summed E-state index contributed by atoms with van der Waals surface area (Å²) in [5.41, 5.74) is 7.57. The molecule has 0 spiro atoms. The SMILES string of the molecule is COC[C@@H](CC(C)c1nc(I)c2c(N)ncnn12)NC(=O)OCc1ccccc1. The zero-order chi connectivity index (χ0) is 20.8. The average Bonchev–Trinajstić information content (AvgIpc) is 3.05. The summed E-state index contributed by atoms with van der Waals surface area (Å²) in [6.07, 6.45) is 1.51. The van der Waals surface area contributed by atoms with Crippen molar-refractivity contribution in [1.29, 1.82) is 0 Å². The Morgan fingerprint density at radius 2 is 2.10 bits per heavy atom. The summed E-state index contributed by atoms with van der Waals surface area (Å²) in [7, 11) is 1.59. The van der Waals surface area contributed by atoms with E-state index in [-0.39, 0.29) is 18.6 Å². The Morgan fingerprint density at radius 3 is 2.83 bits per heavy atom. The van der Waals surface area contributed by atoms with Crippen LogP contribution >= 0.6 is 22.6 Å². The summed E-state index contributed by atoms with van der Waals surface area (Å²) in [5, 5.41) is 7.15. The third kappa shape index (κ3) is 5.32. The predicted molar refractivity (Wildman–Crippen MR) is 116 cm³/mol. The van der Waals surface area contributed by atoms with Gasteiger partial charge in [-0.05, 0) is 34.6 Å². The molecule has 29 heavy (non-hydrogen) atoms. The van der Waals surface area contributed by atoms with Gasteiger partial charge in [-0.25, -0.2) is 19.3 Å². The molecule has 154 valence electrons. The summed E-state index contributed by atoms with van der Waals surface area (Å²) < 4.78 is 13.0. The molecule has 0 saturated heterocycles. The van der Waals surface area contributed by atoms with Gasteiger partial charge in [-0.15, -0.1) is 0 Å². The predicted octanol–water partition coefficient (Wildman–Crippen LogP) is 2.75. The minimum Gasteiger partial charge on any atom is -0.445 e. The van der Waals surface area contributed by atoms with E-state index in [1.807, 2.05) is 37.3 Å². The zero-order valence-corrected chi connectivity index (χ0v) is 18.4. The van der Waals surface area contributed by atoms with Gasteiger partial charge in [-0.1, -0.05) is 37.3 Å². The molecule has 9 nitrogen and oxygen atoms in total. The summed E-state index contributed by atoms with van der Waals surface area (Å²) in [6, 6.07) is 9.28. The molecule has 0 bridgehead atoms. The quantitative estimate of drug-likeness (QED) is 0.448. The largest absolute Gasteiger partial charge is 0.445 e. The minimum atomic E-state index is -0.489. The normalized spacial score (nSPS) is 13.2. The van der Waals surface area contributed by atoms with Crippen molar-refractivity contribution in [2.45, 2.75) is 31.9 Å². The standard InChI is InChI=1S/C19H23IN6O3/c1-12(18-25-16(20)15-17(21)22-11-23-26(15)18)8-14(10-28-2)24-19(27)29-9-13-6-4-3-5-7-13/h3-7,11-12,14H,8-10H2,1-2H3,(H,24,27)(H2,21,22,23)/t12?,14-/m1/s1. The Labute approximate surface area is 182 Å². The van der Waals surface area contributed by atoms with Gasteiger partial charge < -0.3 is 20.5 Å². The molecular formula is C19H23IN6O3. The van der Waals surface area contributed by atoms with E-state index < -0.39 is 6.09 Å². The molecule has 1 unspecified atom stereocenters. The topological polar surface area (TPSA) is 117 Å². The first kappa shape index (κ1) is 21.2. The number of nitrogens with one attached hydrogen (secondary N) is 1. The summed E-state index contributed by atoms with van der Waals surface area (Å²) >= 11 is 2.12. The number of alkyl carbamates (subject to hydrolysis) is 1. The molecule has 0 aliphatic rings. The number of carbonyl (C=O) groups excluding carboxylic acids is 1. The molecule has 1 amide bonds. The van der Waals surface area contributed by atoms with Gasteiger partial charge in [-0.3, -0.25) is 0 Å². The van der Waals surface area contributed by atoms with E-state index in [1.54, 1.807) is 11.6 Å². The van der Waals surface area contributed by atoms with Crippen LogP contribution in [-0.4, -0.2) is 45.4 Å². The second-order valence-electron chi connectivity index (χ2n) is 6.66. The van der Waals surface area contributed by atoms with Gasteiger partial charge in [0.1, 0.15) is 28.0 Å². The molecule has 10 heteroatoms. The maximum absolute atomic E-state index is 12.2. The van der Waals surface area contributed by atoms with Gasteiger partial charge in [0.15, 0.2) is 5.82 Å². The lowest BCUT2D eigenvalue weighted by Gasteiger charge is -2.21. The second-order valence-corrected chi connectivity index (χ2v) is 7.68. The number of ether oxygens (including phenoxy) is 2. The van der Waals surface area contributed by atoms with Crippen molar-refractivity contribution in [2.24, 2.45) is 0 Å². The number of benzene rings is 1. The number of amides is 1. The molecule has 3 rings (SSSR count). The average molecular weight is 510 g/mol. The zero-order valence-electron chi connectivity index (χ0n) is 16.2. The number of hydrogen-bond acceptors (Lipinski definition) is 7. The number of nitrogens with zero attached hydrogens (tertiary/aromatic N) is 4. The van der Waals surface area contributed by atoms with Crippen molar-refractivity contribution in [3.63, 3.8) is 0 Å². The van der Waals surface area contributed by atoms with E-state index in [0.717, 1.165) is 15.1 Å². The number of rotatable bonds is 8. The number of methoxy groups -OCH3 is 1. The molecule has 0 fully saturated rings. The fourth-order valence-corrected chi connectivity index (χ4v) is 3.84. The van der Waals surface area contributed by atoms with Crippen molar-refractivity contribution < 1.29 is 14.3 Å². The number of nitrogens with two attached hydrogens (primary N) is 1. The summed E-state index contributed by atoms with van der Waals surface area (Å²) in [5.74, 6) is 1.11. The first-order valence-electron chi connectivity index (χ1n) is 9.10. The Kier molecular flexibility index (Phi) is 7.20. The molecule has 2 aromatic heterocycles. The van der Waals surface area contributed by atoms with Crippen LogP contribution in [0.5, 0.6) is 0 Å². The molecule has 1 aromatic carbocycles. The van der Waals surface area contributed by atoms with E-state index in [0.29, 0.717) is 24.4 Å². The number of nitrogen functional groups attached to an aromatic ring is 1. The van der Waals surface area contributed by atoms with Crippen molar-refractivity contribution in [2.75, 3.05) is 19.5 Å². The lowest BCUT2D eigenvalue weighted by atomic mass is 10.0. The highest BCUT2D eigenvalue weighted by Crippen LogP contribution is 2.25. The highest BCUT2D eigenvalue weighted by atomic mass is 127. The van der Waals surface area contributed by atoms with Gasteiger partial charge >= 0.3 is 6.09 Å². The molecule has 0 saturated carbocycles. The van der Waals surface area contributed by atoms with Crippen LogP contribution < -0.4 is 11.1 Å². The molecule has 0 aliphatic carbocycles. The number of imidazole rings is 1. The van der Waals surface area contributed by atoms with Gasteiger partial charge in [0.2, 0.25) is 0 Å². The van der Waals surface area contributed by atoms with Crippen LogP contribution in [0.1, 0.15) is 30.7 Å². The minimum absolute atomic E-state index is 0.0186. The van der Waals surface area contributed by atoms with E-state index in [1.165, 1.54) is 6.33 Å². The van der Waals surface area contributed by atoms with Gasteiger partial charge in [-0.2, -0.15) is 5.10 Å². The first-order chi connectivity index (χ1) is 14.0. The molecule has 2 atom stereocenters. The third-order valence-corrected chi connectivity index (χ3v) is 5.18. The Balaban J connectivity index is 1.65. The van der Waals surface area contributed by atoms with Gasteiger partial charge in [0.05, 0.1) is 12.6 Å². The molecule has 2 heterocycles. The van der Waals surface area contributed by atoms with E-state index in [4.69, 9.17) is 15.2 Å². The lowest BCUT2D eigenvalue weighted by Crippen LogP contribution is -2.39. The highest BCUT2D eigenvalue weighted by Gasteiger charge is 2.23. The molecule has 0 aliphatic heterocycles. The van der Waals surface area contributed by atoms with E-state index >= 15 is 0 Å². The fraction of sp³-hybridized carbons (Fsp3) is 0.368.